The van der Waals surface area contributed by atoms with Crippen molar-refractivity contribution < 1.29 is 47.5 Å². The summed E-state index contributed by atoms with van der Waals surface area (Å²) in [4.78, 5) is 32.5. The summed E-state index contributed by atoms with van der Waals surface area (Å²) in [5, 5.41) is 14.0. The molecule has 2 bridgehead atoms. The standard InChI is InChI=1S/C51H53Cl3N4O10S/c1-7-16-63-45-28(3)46-48(68-26-67-46)42-34(45)19-38-43-41-29(17-27(2)44(62-6)47(41)66-25-61-5)18-37(57(43)4)39(20-55)58(38)40(42)21-64-49(59)36(56-50(60)65-24-51(52,53)54)23-69-22-35-32-14-10-8-12-30(32)31-13-9-11-15-33(31)35/h7-15,17,35-40,43H,1,16,18-19,21-26H2,2-6H3,(H,56,60)/t36-,37?,38?,39+,40+,43+/m1/s1. The molecule has 1 N–H and O–H groups in total. The molecule has 0 spiro atoms. The van der Waals surface area contributed by atoms with Gasteiger partial charge in [-0.25, -0.2) is 9.59 Å². The first-order chi connectivity index (χ1) is 33.3. The molecule has 18 heteroatoms. The second-order valence-electron chi connectivity index (χ2n) is 17.7. The van der Waals surface area contributed by atoms with Crippen LogP contribution in [0.3, 0.4) is 0 Å². The van der Waals surface area contributed by atoms with Gasteiger partial charge in [0.1, 0.15) is 37.7 Å². The average molecular weight is 1020 g/mol. The highest BCUT2D eigenvalue weighted by atomic mass is 35.6. The zero-order valence-corrected chi connectivity index (χ0v) is 41.9. The van der Waals surface area contributed by atoms with Crippen LogP contribution >= 0.6 is 46.6 Å². The van der Waals surface area contributed by atoms with Crippen molar-refractivity contribution in [3.05, 3.63) is 112 Å². The Labute approximate surface area is 420 Å². The lowest BCUT2D eigenvalue weighted by molar-refractivity contribution is -0.150. The number of carbonyl (C=O) groups is 2. The van der Waals surface area contributed by atoms with E-state index < -0.39 is 46.6 Å². The van der Waals surface area contributed by atoms with Gasteiger partial charge in [-0.2, -0.15) is 17.0 Å². The minimum Gasteiger partial charge on any atom is -0.493 e. The summed E-state index contributed by atoms with van der Waals surface area (Å²) < 4.78 is 46.5. The second kappa shape index (κ2) is 20.4. The molecule has 0 aromatic heterocycles. The van der Waals surface area contributed by atoms with Gasteiger partial charge in [0.05, 0.1) is 25.3 Å². The maximum absolute atomic E-state index is 14.7. The molecule has 4 aromatic carbocycles. The van der Waals surface area contributed by atoms with Gasteiger partial charge in [-0.1, -0.05) is 102 Å². The van der Waals surface area contributed by atoms with Crippen LogP contribution in [0.2, 0.25) is 0 Å². The number of rotatable bonds is 16. The number of alkyl halides is 3. The first-order valence-corrected chi connectivity index (χ1v) is 24.9. The van der Waals surface area contributed by atoms with Crippen molar-refractivity contribution in [2.24, 2.45) is 0 Å². The number of amides is 1. The third-order valence-corrected chi connectivity index (χ3v) is 15.2. The number of fused-ring (bicyclic) bond motifs is 12. The molecule has 14 nitrogen and oxygen atoms in total. The van der Waals surface area contributed by atoms with Crippen LogP contribution in [-0.4, -0.2) is 116 Å². The minimum absolute atomic E-state index is 0.0162. The number of alkyl carbamates (subject to hydrolysis) is 1. The molecular formula is C51H53Cl3N4O10S. The largest absolute Gasteiger partial charge is 0.493 e. The molecule has 2 unspecified atom stereocenters. The second-order valence-corrected chi connectivity index (χ2v) is 21.3. The highest BCUT2D eigenvalue weighted by Crippen LogP contribution is 2.59. The number of likely N-dealkylation sites (N-methyl/N-ethyl adjacent to an activating group) is 1. The molecule has 1 aliphatic carbocycles. The number of thioether (sulfide) groups is 1. The van der Waals surface area contributed by atoms with Gasteiger partial charge >= 0.3 is 12.1 Å². The fourth-order valence-corrected chi connectivity index (χ4v) is 12.4. The summed E-state index contributed by atoms with van der Waals surface area (Å²) in [6.45, 7) is 7.17. The number of halogens is 3. The molecule has 6 atom stereocenters. The van der Waals surface area contributed by atoms with Gasteiger partial charge in [0.25, 0.3) is 0 Å². The van der Waals surface area contributed by atoms with E-state index in [4.69, 9.17) is 72.7 Å². The Hall–Kier alpha value is -5.05. The Kier molecular flexibility index (Phi) is 14.4. The molecule has 9 rings (SSSR count). The van der Waals surface area contributed by atoms with E-state index in [0.717, 1.165) is 27.8 Å². The van der Waals surface area contributed by atoms with E-state index in [-0.39, 0.29) is 50.6 Å². The molecular weight excluding hydrogens is 967 g/mol. The molecule has 1 fully saturated rings. The zero-order chi connectivity index (χ0) is 48.7. The number of methoxy groups -OCH3 is 2. The third-order valence-electron chi connectivity index (χ3n) is 13.8. The summed E-state index contributed by atoms with van der Waals surface area (Å²) in [5.74, 6) is 2.80. The Bertz CT molecular complexity index is 2650. The summed E-state index contributed by atoms with van der Waals surface area (Å²) >= 11 is 19.3. The van der Waals surface area contributed by atoms with E-state index in [1.54, 1.807) is 20.3 Å². The number of hydrogen-bond donors (Lipinski definition) is 1. The monoisotopic (exact) mass is 1020 g/mol. The Balaban J connectivity index is 1.09. The fraction of sp³-hybridized carbons (Fsp3) is 0.431. The number of nitriles is 1. The summed E-state index contributed by atoms with van der Waals surface area (Å²) in [6.07, 6.45) is 1.64. The molecule has 0 radical (unpaired) electrons. The van der Waals surface area contributed by atoms with Gasteiger partial charge < -0.3 is 43.2 Å². The molecule has 4 aromatic rings. The van der Waals surface area contributed by atoms with Crippen LogP contribution in [0.15, 0.2) is 67.3 Å². The van der Waals surface area contributed by atoms with Crippen molar-refractivity contribution in [2.75, 3.05) is 66.2 Å². The van der Waals surface area contributed by atoms with Crippen LogP contribution in [0.4, 0.5) is 4.79 Å². The van der Waals surface area contributed by atoms with Crippen molar-refractivity contribution in [3.8, 4) is 45.9 Å². The maximum Gasteiger partial charge on any atom is 0.408 e. The molecule has 0 saturated carbocycles. The van der Waals surface area contributed by atoms with Crippen LogP contribution in [0.1, 0.15) is 62.5 Å². The third kappa shape index (κ3) is 9.14. The lowest BCUT2D eigenvalue weighted by Crippen LogP contribution is -2.68. The minimum atomic E-state index is -1.88. The van der Waals surface area contributed by atoms with Crippen molar-refractivity contribution in [2.45, 2.75) is 72.7 Å². The van der Waals surface area contributed by atoms with E-state index in [1.807, 2.05) is 45.2 Å². The van der Waals surface area contributed by atoms with Gasteiger partial charge in [0.15, 0.2) is 29.8 Å². The van der Waals surface area contributed by atoms with Crippen LogP contribution in [0.25, 0.3) is 11.1 Å². The number of carbonyl (C=O) groups excluding carboxylic acids is 2. The average Bonchev–Trinajstić information content (AvgIpc) is 3.95. The molecule has 4 heterocycles. The van der Waals surface area contributed by atoms with E-state index in [0.29, 0.717) is 52.9 Å². The lowest BCUT2D eigenvalue weighted by atomic mass is 9.71. The normalized spacial score (nSPS) is 21.3. The highest BCUT2D eigenvalue weighted by Gasteiger charge is 2.57. The van der Waals surface area contributed by atoms with Crippen molar-refractivity contribution in [3.63, 3.8) is 0 Å². The Morgan fingerprint density at radius 1 is 0.971 bits per heavy atom. The summed E-state index contributed by atoms with van der Waals surface area (Å²) in [7, 11) is 5.22. The van der Waals surface area contributed by atoms with Gasteiger partial charge in [-0.15, -0.1) is 0 Å². The molecule has 4 aliphatic heterocycles. The fourth-order valence-electron chi connectivity index (χ4n) is 11.1. The van der Waals surface area contributed by atoms with E-state index in [9.17, 15) is 14.9 Å². The quantitative estimate of drug-likeness (QED) is 0.0493. The van der Waals surface area contributed by atoms with Crippen LogP contribution in [0.5, 0.6) is 28.7 Å². The number of hydrogen-bond acceptors (Lipinski definition) is 14. The smallest absolute Gasteiger partial charge is 0.408 e. The van der Waals surface area contributed by atoms with Crippen LogP contribution in [-0.2, 0) is 31.8 Å². The van der Waals surface area contributed by atoms with Crippen molar-refractivity contribution in [1.29, 1.82) is 5.26 Å². The van der Waals surface area contributed by atoms with Gasteiger partial charge in [-0.05, 0) is 67.1 Å². The number of nitrogens with one attached hydrogen (secondary N) is 1. The molecule has 364 valence electrons. The lowest BCUT2D eigenvalue weighted by Gasteiger charge is -2.60. The van der Waals surface area contributed by atoms with Crippen LogP contribution < -0.4 is 29.0 Å². The predicted molar refractivity (Wildman–Crippen MR) is 263 cm³/mol. The zero-order valence-electron chi connectivity index (χ0n) is 38.9. The van der Waals surface area contributed by atoms with Crippen molar-refractivity contribution >= 4 is 58.6 Å². The van der Waals surface area contributed by atoms with Crippen molar-refractivity contribution in [1.82, 2.24) is 15.1 Å². The van der Waals surface area contributed by atoms with Gasteiger partial charge in [0.2, 0.25) is 10.6 Å². The number of benzene rings is 4. The van der Waals surface area contributed by atoms with E-state index in [2.05, 4.69) is 58.1 Å². The van der Waals surface area contributed by atoms with Gasteiger partial charge in [-0.3, -0.25) is 9.80 Å². The number of esters is 1. The molecule has 5 aliphatic rings. The first kappa shape index (κ1) is 49.0. The Morgan fingerprint density at radius 3 is 2.35 bits per heavy atom. The van der Waals surface area contributed by atoms with E-state index >= 15 is 0 Å². The molecule has 1 saturated heterocycles. The summed E-state index contributed by atoms with van der Waals surface area (Å²) in [5.41, 5.74) is 9.85. The number of aryl methyl sites for hydroxylation is 1. The SMILES string of the molecule is C=CCOc1c(C)c2c(c3c1CC1[C@H]4c5c(cc(C)c(OC)c5OCOC)CC([C@H](C#N)N1[C@H]3COC(=O)[C@@H](CSCC1c3ccccc3-c3ccccc31)NC(=O)OCC(Cl)(Cl)Cl)N4C)OCO2. The van der Waals surface area contributed by atoms with Crippen LogP contribution in [0, 0.1) is 25.2 Å². The maximum atomic E-state index is 14.7. The highest BCUT2D eigenvalue weighted by molar-refractivity contribution is 7.99. The predicted octanol–water partition coefficient (Wildman–Crippen LogP) is 8.91. The number of piperazine rings is 1. The number of nitrogens with zero attached hydrogens (tertiary/aromatic N) is 3. The first-order valence-electron chi connectivity index (χ1n) is 22.6. The molecule has 69 heavy (non-hydrogen) atoms. The van der Waals surface area contributed by atoms with Gasteiger partial charge in [0, 0.05) is 58.9 Å². The number of ether oxygens (including phenoxy) is 8. The molecule has 1 amide bonds. The van der Waals surface area contributed by atoms with E-state index in [1.165, 1.54) is 34.0 Å². The summed E-state index contributed by atoms with van der Waals surface area (Å²) in [6, 6.07) is 17.7. The Morgan fingerprint density at radius 2 is 1.68 bits per heavy atom. The topological polar surface area (TPSA) is 150 Å².